The van der Waals surface area contributed by atoms with Crippen LogP contribution >= 0.6 is 0 Å². The number of nitrogens with zero attached hydrogens (tertiary/aromatic N) is 1. The second kappa shape index (κ2) is 3.06. The van der Waals surface area contributed by atoms with Gasteiger partial charge < -0.3 is 14.2 Å². The predicted octanol–water partition coefficient (Wildman–Crippen LogP) is -0.831. The van der Waals surface area contributed by atoms with Crippen LogP contribution in [0.15, 0.2) is 19.9 Å². The largest absolute Gasteiger partial charge is 0.520 e. The van der Waals surface area contributed by atoms with Gasteiger partial charge in [0.05, 0.1) is 6.54 Å². The van der Waals surface area contributed by atoms with Crippen molar-refractivity contribution in [2.75, 3.05) is 24.5 Å². The fraction of sp³-hybridized carbons (Fsp3) is 0.429. The summed E-state index contributed by atoms with van der Waals surface area (Å²) < 4.78 is 9.08. The van der Waals surface area contributed by atoms with Crippen molar-refractivity contribution in [1.29, 1.82) is 0 Å². The van der Waals surface area contributed by atoms with E-state index in [1.807, 2.05) is 0 Å². The van der Waals surface area contributed by atoms with Gasteiger partial charge in [-0.2, -0.15) is 0 Å². The van der Waals surface area contributed by atoms with Gasteiger partial charge in [0.25, 0.3) is 0 Å². The van der Waals surface area contributed by atoms with Crippen molar-refractivity contribution < 1.29 is 13.6 Å². The molecule has 0 atom stereocenters. The highest BCUT2D eigenvalue weighted by Gasteiger charge is 2.22. The molecule has 0 spiro atoms. The summed E-state index contributed by atoms with van der Waals surface area (Å²) in [5.74, 6) is -0.742. The van der Waals surface area contributed by atoms with Crippen molar-refractivity contribution in [3.05, 3.63) is 16.9 Å². The van der Waals surface area contributed by atoms with E-state index in [9.17, 15) is 9.59 Å². The molecule has 1 aromatic heterocycles. The van der Waals surface area contributed by atoms with Crippen LogP contribution in [0.2, 0.25) is 0 Å². The molecule has 1 amide bonds. The number of rotatable bonds is 1. The summed E-state index contributed by atoms with van der Waals surface area (Å²) in [4.78, 5) is 23.2. The van der Waals surface area contributed by atoms with Crippen LogP contribution in [0.1, 0.15) is 0 Å². The monoisotopic (exact) mass is 184 g/mol. The number of nitrogens with one attached hydrogen (secondary N) is 1. The maximum atomic E-state index is 11.3. The van der Waals surface area contributed by atoms with Crippen molar-refractivity contribution >= 4 is 11.8 Å². The molecule has 2 heterocycles. The molecule has 1 aliphatic heterocycles. The first kappa shape index (κ1) is 8.06. The topological polar surface area (TPSA) is 75.7 Å². The molecule has 0 unspecified atom stereocenters. The van der Waals surface area contributed by atoms with E-state index in [0.29, 0.717) is 13.1 Å². The molecule has 1 N–H and O–H groups in total. The number of amides is 1. The van der Waals surface area contributed by atoms with Gasteiger partial charge >= 0.3 is 5.82 Å². The minimum absolute atomic E-state index is 0.129. The van der Waals surface area contributed by atoms with E-state index in [1.165, 1.54) is 4.90 Å². The van der Waals surface area contributed by atoms with Crippen LogP contribution in [0.4, 0.5) is 5.88 Å². The van der Waals surface area contributed by atoms with Crippen LogP contribution in [0.25, 0.3) is 0 Å². The number of carbonyl (C=O) groups excluding carboxylic acids is 1. The average molecular weight is 184 g/mol. The smallest absolute Gasteiger partial charge is 0.397 e. The lowest BCUT2D eigenvalue weighted by Crippen LogP contribution is -2.48. The fourth-order valence-corrected chi connectivity index (χ4v) is 1.19. The first-order chi connectivity index (χ1) is 6.27. The maximum absolute atomic E-state index is 11.3. The third-order valence-electron chi connectivity index (χ3n) is 1.80. The molecule has 2 rings (SSSR count). The zero-order chi connectivity index (χ0) is 9.26. The molecule has 0 aliphatic carbocycles. The average Bonchev–Trinajstić information content (AvgIpc) is 2.53. The molecule has 13 heavy (non-hydrogen) atoms. The number of hydrogen-bond acceptors (Lipinski definition) is 5. The van der Waals surface area contributed by atoms with E-state index in [-0.39, 0.29) is 18.3 Å². The second-order valence-corrected chi connectivity index (χ2v) is 2.65. The molecular formula is C7H8N2O4. The van der Waals surface area contributed by atoms with Gasteiger partial charge in [0.1, 0.15) is 0 Å². The van der Waals surface area contributed by atoms with E-state index >= 15 is 0 Å². The van der Waals surface area contributed by atoms with Gasteiger partial charge in [-0.1, -0.05) is 0 Å². The Morgan fingerprint density at radius 2 is 2.31 bits per heavy atom. The number of piperazine rings is 1. The van der Waals surface area contributed by atoms with Crippen molar-refractivity contribution in [2.24, 2.45) is 0 Å². The predicted molar refractivity (Wildman–Crippen MR) is 42.5 cm³/mol. The van der Waals surface area contributed by atoms with Crippen molar-refractivity contribution in [3.8, 4) is 0 Å². The van der Waals surface area contributed by atoms with Crippen molar-refractivity contribution in [3.63, 3.8) is 0 Å². The summed E-state index contributed by atoms with van der Waals surface area (Å²) >= 11 is 0. The van der Waals surface area contributed by atoms with Crippen LogP contribution in [0.3, 0.4) is 0 Å². The third kappa shape index (κ3) is 1.48. The summed E-state index contributed by atoms with van der Waals surface area (Å²) in [7, 11) is 0. The standard InChI is InChI=1S/C7H8N2O4/c10-5-3-8-1-2-9(5)6-4-12-7(11)13-6/h4,8H,1-3H2. The zero-order valence-electron chi connectivity index (χ0n) is 6.78. The molecule has 6 heteroatoms. The van der Waals surface area contributed by atoms with E-state index in [1.54, 1.807) is 0 Å². The third-order valence-corrected chi connectivity index (χ3v) is 1.80. The lowest BCUT2D eigenvalue weighted by Gasteiger charge is -2.23. The molecule has 0 saturated carbocycles. The summed E-state index contributed by atoms with van der Waals surface area (Å²) in [5, 5.41) is 2.90. The van der Waals surface area contributed by atoms with E-state index in [4.69, 9.17) is 0 Å². The van der Waals surface area contributed by atoms with Crippen LogP contribution in [-0.4, -0.2) is 25.5 Å². The second-order valence-electron chi connectivity index (χ2n) is 2.65. The van der Waals surface area contributed by atoms with Gasteiger partial charge in [-0.15, -0.1) is 0 Å². The minimum Gasteiger partial charge on any atom is -0.397 e. The highest BCUT2D eigenvalue weighted by atomic mass is 16.6. The quantitative estimate of drug-likeness (QED) is 0.616. The van der Waals surface area contributed by atoms with Gasteiger partial charge in [0.2, 0.25) is 11.8 Å². The molecular weight excluding hydrogens is 176 g/mol. The molecule has 1 fully saturated rings. The van der Waals surface area contributed by atoms with Gasteiger partial charge in [-0.3, -0.25) is 9.69 Å². The summed E-state index contributed by atoms with van der Waals surface area (Å²) in [6, 6.07) is 0. The summed E-state index contributed by atoms with van der Waals surface area (Å²) in [6.07, 6.45) is 1.14. The summed E-state index contributed by atoms with van der Waals surface area (Å²) in [5.41, 5.74) is 0. The Balaban J connectivity index is 2.24. The Morgan fingerprint density at radius 1 is 1.46 bits per heavy atom. The Morgan fingerprint density at radius 3 is 2.92 bits per heavy atom. The van der Waals surface area contributed by atoms with Gasteiger partial charge in [-0.25, -0.2) is 4.79 Å². The lowest BCUT2D eigenvalue weighted by molar-refractivity contribution is -0.118. The molecule has 1 aromatic rings. The molecule has 1 saturated heterocycles. The maximum Gasteiger partial charge on any atom is 0.520 e. The Hall–Kier alpha value is -1.56. The van der Waals surface area contributed by atoms with E-state index < -0.39 is 5.82 Å². The number of hydrogen-bond donors (Lipinski definition) is 1. The highest BCUT2D eigenvalue weighted by molar-refractivity contribution is 5.94. The molecule has 70 valence electrons. The molecule has 6 nitrogen and oxygen atoms in total. The van der Waals surface area contributed by atoms with Crippen molar-refractivity contribution in [1.82, 2.24) is 5.32 Å². The normalized spacial score (nSPS) is 17.8. The van der Waals surface area contributed by atoms with E-state index in [0.717, 1.165) is 6.26 Å². The lowest BCUT2D eigenvalue weighted by atomic mass is 10.3. The molecule has 0 bridgehead atoms. The molecule has 0 aromatic carbocycles. The highest BCUT2D eigenvalue weighted by Crippen LogP contribution is 2.12. The Bertz CT molecular complexity index is 367. The first-order valence-electron chi connectivity index (χ1n) is 3.87. The first-order valence-corrected chi connectivity index (χ1v) is 3.87. The Labute approximate surface area is 73.1 Å². The fourth-order valence-electron chi connectivity index (χ4n) is 1.19. The van der Waals surface area contributed by atoms with Gasteiger partial charge in [0.15, 0.2) is 6.26 Å². The van der Waals surface area contributed by atoms with E-state index in [2.05, 4.69) is 14.2 Å². The Kier molecular flexibility index (Phi) is 1.90. The van der Waals surface area contributed by atoms with Gasteiger partial charge in [0, 0.05) is 13.1 Å². The molecule has 1 aliphatic rings. The molecule has 0 radical (unpaired) electrons. The van der Waals surface area contributed by atoms with Crippen molar-refractivity contribution in [2.45, 2.75) is 0 Å². The zero-order valence-corrected chi connectivity index (χ0v) is 6.78. The van der Waals surface area contributed by atoms with Crippen LogP contribution < -0.4 is 16.0 Å². The van der Waals surface area contributed by atoms with Crippen LogP contribution in [-0.2, 0) is 4.79 Å². The summed E-state index contributed by atoms with van der Waals surface area (Å²) in [6.45, 7) is 1.43. The minimum atomic E-state index is -0.790. The van der Waals surface area contributed by atoms with Gasteiger partial charge in [-0.05, 0) is 0 Å². The van der Waals surface area contributed by atoms with Crippen LogP contribution in [0, 0.1) is 0 Å². The van der Waals surface area contributed by atoms with Crippen LogP contribution in [0.5, 0.6) is 0 Å². The number of carbonyl (C=O) groups is 1. The number of anilines is 1. The SMILES string of the molecule is O=C1CNCCN1c1coc(=O)o1.